The van der Waals surface area contributed by atoms with Crippen LogP contribution in [0.25, 0.3) is 6.08 Å². The largest absolute Gasteiger partial charge is 0.495 e. The number of hydrogen-bond donors (Lipinski definition) is 3. The predicted molar refractivity (Wildman–Crippen MR) is 108 cm³/mol. The Kier molecular flexibility index (Phi) is 6.33. The first-order chi connectivity index (χ1) is 14.4. The maximum absolute atomic E-state index is 12.1. The van der Waals surface area contributed by atoms with Gasteiger partial charge in [0.1, 0.15) is 17.1 Å². The Morgan fingerprint density at radius 1 is 1.07 bits per heavy atom. The Bertz CT molecular complexity index is 1040. The number of barbiturate groups is 1. The Labute approximate surface area is 176 Å². The zero-order chi connectivity index (χ0) is 21.7. The van der Waals surface area contributed by atoms with Crippen molar-refractivity contribution in [3.8, 4) is 11.5 Å². The average Bonchev–Trinajstić information content (AvgIpc) is 2.70. The monoisotopic (exact) mass is 429 g/mol. The second-order valence-corrected chi connectivity index (χ2v) is 6.43. The Hall–Kier alpha value is -3.85. The zero-order valence-corrected chi connectivity index (χ0v) is 16.4. The summed E-state index contributed by atoms with van der Waals surface area (Å²) in [6, 6.07) is 10.6. The van der Waals surface area contributed by atoms with Gasteiger partial charge in [0.25, 0.3) is 17.7 Å². The first-order valence-electron chi connectivity index (χ1n) is 8.61. The number of rotatable bonds is 6. The molecule has 9 nitrogen and oxygen atoms in total. The van der Waals surface area contributed by atoms with Crippen molar-refractivity contribution in [1.82, 2.24) is 10.6 Å². The van der Waals surface area contributed by atoms with E-state index >= 15 is 0 Å². The number of imide groups is 2. The highest BCUT2D eigenvalue weighted by Gasteiger charge is 2.27. The lowest BCUT2D eigenvalue weighted by molar-refractivity contribution is -0.124. The molecule has 1 aliphatic heterocycles. The number of benzene rings is 2. The van der Waals surface area contributed by atoms with E-state index in [-0.39, 0.29) is 23.0 Å². The summed E-state index contributed by atoms with van der Waals surface area (Å²) < 4.78 is 10.6. The molecule has 0 aromatic heterocycles. The fourth-order valence-electron chi connectivity index (χ4n) is 2.57. The van der Waals surface area contributed by atoms with E-state index < -0.39 is 23.8 Å². The van der Waals surface area contributed by atoms with E-state index in [1.807, 2.05) is 10.6 Å². The van der Waals surface area contributed by atoms with Gasteiger partial charge >= 0.3 is 6.03 Å². The molecule has 3 N–H and O–H groups in total. The van der Waals surface area contributed by atoms with Gasteiger partial charge in [-0.15, -0.1) is 0 Å². The number of methoxy groups -OCH3 is 1. The maximum atomic E-state index is 12.1. The minimum absolute atomic E-state index is 0.169. The molecule has 30 heavy (non-hydrogen) atoms. The van der Waals surface area contributed by atoms with Gasteiger partial charge < -0.3 is 14.8 Å². The topological polar surface area (TPSA) is 123 Å². The van der Waals surface area contributed by atoms with E-state index in [0.717, 1.165) is 0 Å². The van der Waals surface area contributed by atoms with Crippen molar-refractivity contribution in [2.45, 2.75) is 0 Å². The number of amides is 5. The summed E-state index contributed by atoms with van der Waals surface area (Å²) in [4.78, 5) is 46.8. The highest BCUT2D eigenvalue weighted by molar-refractivity contribution is 6.33. The number of carbonyl (C=O) groups excluding carboxylic acids is 4. The van der Waals surface area contributed by atoms with Crippen LogP contribution in [-0.2, 0) is 14.4 Å². The summed E-state index contributed by atoms with van der Waals surface area (Å²) in [7, 11) is 1.50. The molecular weight excluding hydrogens is 414 g/mol. The van der Waals surface area contributed by atoms with Crippen molar-refractivity contribution < 1.29 is 28.7 Å². The van der Waals surface area contributed by atoms with Crippen LogP contribution in [-0.4, -0.2) is 37.5 Å². The molecule has 0 aliphatic carbocycles. The Balaban J connectivity index is 1.65. The van der Waals surface area contributed by atoms with E-state index in [0.29, 0.717) is 17.0 Å². The van der Waals surface area contributed by atoms with Gasteiger partial charge in [0.15, 0.2) is 6.61 Å². The lowest BCUT2D eigenvalue weighted by Gasteiger charge is -2.14. The van der Waals surface area contributed by atoms with Crippen LogP contribution < -0.4 is 25.4 Å². The number of anilines is 1. The van der Waals surface area contributed by atoms with Crippen LogP contribution in [0.2, 0.25) is 5.02 Å². The third-order valence-electron chi connectivity index (χ3n) is 3.95. The summed E-state index contributed by atoms with van der Waals surface area (Å²) in [5, 5.41) is 6.80. The summed E-state index contributed by atoms with van der Waals surface area (Å²) in [5.74, 6) is -1.29. The average molecular weight is 430 g/mol. The standard InChI is InChI=1S/C20H16ClN3O6/c1-29-16-5-3-2-4-14(16)22-17(25)10-30-15-7-6-11(9-13(15)21)8-12-18(26)23-20(28)24-19(12)27/h2-9H,10H2,1H3,(H,22,25)(H2,23,24,26,27,28). The summed E-state index contributed by atoms with van der Waals surface area (Å²) in [5.41, 5.74) is 0.695. The zero-order valence-electron chi connectivity index (χ0n) is 15.7. The lowest BCUT2D eigenvalue weighted by Crippen LogP contribution is -2.51. The number of nitrogens with one attached hydrogen (secondary N) is 3. The van der Waals surface area contributed by atoms with Gasteiger partial charge in [-0.2, -0.15) is 0 Å². The number of halogens is 1. The van der Waals surface area contributed by atoms with E-state index in [4.69, 9.17) is 21.1 Å². The Morgan fingerprint density at radius 3 is 2.43 bits per heavy atom. The molecule has 0 unspecified atom stereocenters. The molecule has 2 aromatic carbocycles. The van der Waals surface area contributed by atoms with Crippen LogP contribution in [0.15, 0.2) is 48.0 Å². The van der Waals surface area contributed by atoms with E-state index in [9.17, 15) is 19.2 Å². The molecule has 1 aliphatic rings. The van der Waals surface area contributed by atoms with Gasteiger partial charge in [-0.3, -0.25) is 25.0 Å². The van der Waals surface area contributed by atoms with Crippen molar-refractivity contribution in [2.24, 2.45) is 0 Å². The molecule has 1 heterocycles. The molecule has 2 aromatic rings. The van der Waals surface area contributed by atoms with Crippen molar-refractivity contribution >= 4 is 47.1 Å². The van der Waals surface area contributed by atoms with E-state index in [2.05, 4.69) is 5.32 Å². The van der Waals surface area contributed by atoms with E-state index in [1.165, 1.54) is 25.3 Å². The normalized spacial score (nSPS) is 13.3. The molecule has 3 rings (SSSR count). The predicted octanol–water partition coefficient (Wildman–Crippen LogP) is 2.12. The molecule has 1 saturated heterocycles. The van der Waals surface area contributed by atoms with Crippen LogP contribution in [0.3, 0.4) is 0 Å². The molecule has 0 atom stereocenters. The lowest BCUT2D eigenvalue weighted by atomic mass is 10.1. The smallest absolute Gasteiger partial charge is 0.328 e. The quantitative estimate of drug-likeness (QED) is 0.477. The summed E-state index contributed by atoms with van der Waals surface area (Å²) in [6.07, 6.45) is 1.28. The van der Waals surface area contributed by atoms with Gasteiger partial charge in [-0.05, 0) is 35.9 Å². The highest BCUT2D eigenvalue weighted by Crippen LogP contribution is 2.27. The van der Waals surface area contributed by atoms with Crippen LogP contribution >= 0.6 is 11.6 Å². The molecule has 0 radical (unpaired) electrons. The summed E-state index contributed by atoms with van der Waals surface area (Å²) in [6.45, 7) is -0.300. The molecule has 0 bridgehead atoms. The van der Waals surface area contributed by atoms with Gasteiger partial charge in [0.05, 0.1) is 17.8 Å². The maximum Gasteiger partial charge on any atom is 0.328 e. The molecule has 0 spiro atoms. The molecule has 1 fully saturated rings. The molecule has 154 valence electrons. The van der Waals surface area contributed by atoms with Crippen LogP contribution in [0, 0.1) is 0 Å². The van der Waals surface area contributed by atoms with Gasteiger partial charge in [-0.25, -0.2) is 4.79 Å². The number of para-hydroxylation sites is 2. The third-order valence-corrected chi connectivity index (χ3v) is 4.25. The number of ether oxygens (including phenoxy) is 2. The van der Waals surface area contributed by atoms with Crippen LogP contribution in [0.1, 0.15) is 5.56 Å². The number of urea groups is 1. The number of hydrogen-bond acceptors (Lipinski definition) is 6. The van der Waals surface area contributed by atoms with Crippen molar-refractivity contribution in [3.05, 3.63) is 58.6 Å². The number of carbonyl (C=O) groups is 4. The van der Waals surface area contributed by atoms with Gasteiger partial charge in [-0.1, -0.05) is 29.8 Å². The summed E-state index contributed by atoms with van der Waals surface area (Å²) >= 11 is 6.17. The van der Waals surface area contributed by atoms with Crippen LogP contribution in [0.4, 0.5) is 10.5 Å². The first kappa shape index (κ1) is 20.9. The molecular formula is C20H16ClN3O6. The second-order valence-electron chi connectivity index (χ2n) is 6.02. The third kappa shape index (κ3) is 4.95. The second kappa shape index (κ2) is 9.10. The molecule has 5 amide bonds. The first-order valence-corrected chi connectivity index (χ1v) is 8.98. The highest BCUT2D eigenvalue weighted by atomic mass is 35.5. The Morgan fingerprint density at radius 2 is 1.77 bits per heavy atom. The molecule has 0 saturated carbocycles. The van der Waals surface area contributed by atoms with Crippen molar-refractivity contribution in [3.63, 3.8) is 0 Å². The minimum atomic E-state index is -0.879. The van der Waals surface area contributed by atoms with Gasteiger partial charge in [0.2, 0.25) is 0 Å². The van der Waals surface area contributed by atoms with E-state index in [1.54, 1.807) is 30.3 Å². The van der Waals surface area contributed by atoms with Crippen molar-refractivity contribution in [2.75, 3.05) is 19.0 Å². The van der Waals surface area contributed by atoms with Crippen LogP contribution in [0.5, 0.6) is 11.5 Å². The SMILES string of the molecule is COc1ccccc1NC(=O)COc1ccc(C=C2C(=O)NC(=O)NC2=O)cc1Cl. The molecule has 10 heteroatoms. The van der Waals surface area contributed by atoms with Crippen molar-refractivity contribution in [1.29, 1.82) is 0 Å². The minimum Gasteiger partial charge on any atom is -0.495 e. The fraction of sp³-hybridized carbons (Fsp3) is 0.100. The fourth-order valence-corrected chi connectivity index (χ4v) is 2.82. The van der Waals surface area contributed by atoms with Gasteiger partial charge in [0, 0.05) is 0 Å².